The summed E-state index contributed by atoms with van der Waals surface area (Å²) >= 11 is 0. The van der Waals surface area contributed by atoms with E-state index in [0.29, 0.717) is 26.2 Å². The molecule has 2 amide bonds. The second-order valence-electron chi connectivity index (χ2n) is 7.61. The lowest BCUT2D eigenvalue weighted by Gasteiger charge is -2.33. The van der Waals surface area contributed by atoms with E-state index >= 15 is 0 Å². The maximum absolute atomic E-state index is 13.1. The van der Waals surface area contributed by atoms with Gasteiger partial charge in [0.25, 0.3) is 0 Å². The van der Waals surface area contributed by atoms with Crippen LogP contribution in [0.3, 0.4) is 0 Å². The zero-order chi connectivity index (χ0) is 22.3. The summed E-state index contributed by atoms with van der Waals surface area (Å²) in [6.07, 6.45) is 0. The minimum absolute atomic E-state index is 0.0310. The Morgan fingerprint density at radius 3 is 2.16 bits per heavy atom. The van der Waals surface area contributed by atoms with Crippen LogP contribution in [0.15, 0.2) is 60.7 Å². The molecule has 7 nitrogen and oxygen atoms in total. The number of likely N-dealkylation sites (N-methyl/N-ethyl adjacent to an activating group) is 1. The molecule has 8 heteroatoms. The molecule has 1 aliphatic heterocycles. The molecule has 1 atom stereocenters. The number of rotatable bonds is 8. The van der Waals surface area contributed by atoms with Crippen LogP contribution in [-0.2, 0) is 26.0 Å². The number of nitrogens with one attached hydrogen (secondary N) is 1. The third-order valence-corrected chi connectivity index (χ3v) is 7.08. The molecule has 3 rings (SSSR count). The largest absolute Gasteiger partial charge is 0.345 e. The molecular formula is C23H29N3O4S. The van der Waals surface area contributed by atoms with Gasteiger partial charge in [-0.15, -0.1) is 0 Å². The van der Waals surface area contributed by atoms with Crippen LogP contribution in [0, 0.1) is 0 Å². The molecule has 0 aliphatic carbocycles. The van der Waals surface area contributed by atoms with Crippen molar-refractivity contribution in [1.82, 2.24) is 15.1 Å². The predicted octanol–water partition coefficient (Wildman–Crippen LogP) is 1.62. The monoisotopic (exact) mass is 443 g/mol. The molecule has 0 radical (unpaired) electrons. The third-order valence-electron chi connectivity index (χ3n) is 5.47. The Balaban J connectivity index is 1.66. The number of benzene rings is 2. The van der Waals surface area contributed by atoms with Crippen LogP contribution in [0.5, 0.6) is 0 Å². The Labute approximate surface area is 184 Å². The van der Waals surface area contributed by atoms with Crippen LogP contribution in [0.4, 0.5) is 0 Å². The first-order valence-corrected chi connectivity index (χ1v) is 12.3. The summed E-state index contributed by atoms with van der Waals surface area (Å²) in [5, 5.41) is 2.78. The summed E-state index contributed by atoms with van der Waals surface area (Å²) in [6, 6.07) is 18.3. The van der Waals surface area contributed by atoms with Crippen molar-refractivity contribution in [2.24, 2.45) is 0 Å². The fourth-order valence-electron chi connectivity index (χ4n) is 3.70. The van der Waals surface area contributed by atoms with Gasteiger partial charge >= 0.3 is 0 Å². The van der Waals surface area contributed by atoms with Crippen molar-refractivity contribution < 1.29 is 18.0 Å². The van der Waals surface area contributed by atoms with Gasteiger partial charge in [-0.25, -0.2) is 8.42 Å². The number of hydrogen-bond acceptors (Lipinski definition) is 5. The van der Waals surface area contributed by atoms with E-state index in [1.807, 2.05) is 72.5 Å². The first-order chi connectivity index (χ1) is 14.9. The Morgan fingerprint density at radius 1 is 1.00 bits per heavy atom. The molecular weight excluding hydrogens is 414 g/mol. The van der Waals surface area contributed by atoms with E-state index < -0.39 is 15.9 Å². The standard InChI is InChI=1S/C23H29N3O4S/c1-2-25(18-19-9-5-3-6-10-19)21(27)17-24-23(28)22(20-11-7-4-8-12-20)26-13-15-31(29,30)16-14-26/h3-12,22H,2,13-18H2,1H3,(H,24,28). The van der Waals surface area contributed by atoms with Gasteiger partial charge < -0.3 is 10.2 Å². The van der Waals surface area contributed by atoms with Crippen molar-refractivity contribution in [3.8, 4) is 0 Å². The maximum atomic E-state index is 13.1. The summed E-state index contributed by atoms with van der Waals surface area (Å²) in [4.78, 5) is 29.4. The van der Waals surface area contributed by atoms with Gasteiger partial charge in [-0.1, -0.05) is 60.7 Å². The molecule has 1 heterocycles. The fourth-order valence-corrected chi connectivity index (χ4v) is 4.93. The van der Waals surface area contributed by atoms with E-state index in [-0.39, 0.29) is 29.9 Å². The Bertz CT molecular complexity index is 966. The van der Waals surface area contributed by atoms with Crippen LogP contribution in [-0.4, -0.2) is 67.7 Å². The zero-order valence-corrected chi connectivity index (χ0v) is 18.6. The van der Waals surface area contributed by atoms with E-state index in [9.17, 15) is 18.0 Å². The highest BCUT2D eigenvalue weighted by molar-refractivity contribution is 7.91. The number of sulfone groups is 1. The van der Waals surface area contributed by atoms with Crippen LogP contribution in [0.2, 0.25) is 0 Å². The molecule has 0 saturated carbocycles. The molecule has 0 bridgehead atoms. The number of amides is 2. The van der Waals surface area contributed by atoms with Crippen LogP contribution >= 0.6 is 0 Å². The van der Waals surface area contributed by atoms with Crippen molar-refractivity contribution in [2.45, 2.75) is 19.5 Å². The van der Waals surface area contributed by atoms with Crippen LogP contribution in [0.25, 0.3) is 0 Å². The Kier molecular flexibility index (Phi) is 7.81. The van der Waals surface area contributed by atoms with Gasteiger partial charge in [-0.3, -0.25) is 14.5 Å². The third kappa shape index (κ3) is 6.38. The lowest BCUT2D eigenvalue weighted by molar-refractivity contribution is -0.134. The summed E-state index contributed by atoms with van der Waals surface area (Å²) < 4.78 is 23.6. The summed E-state index contributed by atoms with van der Waals surface area (Å²) in [5.74, 6) is -0.394. The number of carbonyl (C=O) groups excluding carboxylic acids is 2. The highest BCUT2D eigenvalue weighted by Gasteiger charge is 2.32. The summed E-state index contributed by atoms with van der Waals surface area (Å²) in [5.41, 5.74) is 1.81. The number of hydrogen-bond donors (Lipinski definition) is 1. The predicted molar refractivity (Wildman–Crippen MR) is 120 cm³/mol. The van der Waals surface area contributed by atoms with Gasteiger partial charge in [0.05, 0.1) is 18.1 Å². The van der Waals surface area contributed by atoms with Gasteiger partial charge in [0.2, 0.25) is 11.8 Å². The second kappa shape index (κ2) is 10.5. The molecule has 0 aromatic heterocycles. The average molecular weight is 444 g/mol. The smallest absolute Gasteiger partial charge is 0.242 e. The van der Waals surface area contributed by atoms with E-state index in [2.05, 4.69) is 5.32 Å². The molecule has 2 aromatic carbocycles. The molecule has 1 aliphatic rings. The molecule has 1 unspecified atom stereocenters. The fraction of sp³-hybridized carbons (Fsp3) is 0.391. The van der Waals surface area contributed by atoms with Crippen LogP contribution < -0.4 is 5.32 Å². The normalized spacial score (nSPS) is 16.9. The minimum atomic E-state index is -3.06. The van der Waals surface area contributed by atoms with Crippen LogP contribution in [0.1, 0.15) is 24.1 Å². The first kappa shape index (κ1) is 23.0. The quantitative estimate of drug-likeness (QED) is 0.670. The molecule has 1 saturated heterocycles. The Morgan fingerprint density at radius 2 is 1.58 bits per heavy atom. The molecule has 1 fully saturated rings. The lowest BCUT2D eigenvalue weighted by Crippen LogP contribution is -2.49. The Hall–Kier alpha value is -2.71. The average Bonchev–Trinajstić information content (AvgIpc) is 2.78. The van der Waals surface area contributed by atoms with Crippen molar-refractivity contribution in [1.29, 1.82) is 0 Å². The summed E-state index contributed by atoms with van der Waals surface area (Å²) in [7, 11) is -3.06. The molecule has 0 spiro atoms. The van der Waals surface area contributed by atoms with Gasteiger partial charge in [-0.2, -0.15) is 0 Å². The van der Waals surface area contributed by atoms with E-state index in [4.69, 9.17) is 0 Å². The highest BCUT2D eigenvalue weighted by Crippen LogP contribution is 2.23. The second-order valence-corrected chi connectivity index (χ2v) is 9.92. The van der Waals surface area contributed by atoms with E-state index in [0.717, 1.165) is 11.1 Å². The molecule has 1 N–H and O–H groups in total. The van der Waals surface area contributed by atoms with Crippen molar-refractivity contribution in [3.63, 3.8) is 0 Å². The van der Waals surface area contributed by atoms with Gasteiger partial charge in [0.1, 0.15) is 6.04 Å². The van der Waals surface area contributed by atoms with Crippen molar-refractivity contribution in [3.05, 3.63) is 71.8 Å². The first-order valence-electron chi connectivity index (χ1n) is 10.5. The van der Waals surface area contributed by atoms with Gasteiger partial charge in [0.15, 0.2) is 9.84 Å². The zero-order valence-electron chi connectivity index (χ0n) is 17.7. The van der Waals surface area contributed by atoms with Crippen molar-refractivity contribution in [2.75, 3.05) is 37.7 Å². The molecule has 31 heavy (non-hydrogen) atoms. The topological polar surface area (TPSA) is 86.8 Å². The highest BCUT2D eigenvalue weighted by atomic mass is 32.2. The van der Waals surface area contributed by atoms with Gasteiger partial charge in [0, 0.05) is 26.2 Å². The maximum Gasteiger partial charge on any atom is 0.242 e. The number of nitrogens with zero attached hydrogens (tertiary/aromatic N) is 2. The van der Waals surface area contributed by atoms with Crippen molar-refractivity contribution >= 4 is 21.7 Å². The number of carbonyl (C=O) groups is 2. The lowest BCUT2D eigenvalue weighted by atomic mass is 10.0. The summed E-state index contributed by atoms with van der Waals surface area (Å²) in [6.45, 7) is 3.41. The van der Waals surface area contributed by atoms with E-state index in [1.165, 1.54) is 0 Å². The minimum Gasteiger partial charge on any atom is -0.345 e. The van der Waals surface area contributed by atoms with Gasteiger partial charge in [-0.05, 0) is 18.1 Å². The molecule has 166 valence electrons. The molecule has 2 aromatic rings. The SMILES string of the molecule is CCN(Cc1ccccc1)C(=O)CNC(=O)C(c1ccccc1)N1CCS(=O)(=O)CC1. The van der Waals surface area contributed by atoms with E-state index in [1.54, 1.807) is 4.90 Å².